The number of rotatable bonds is 3. The lowest BCUT2D eigenvalue weighted by atomic mass is 9.51. The van der Waals surface area contributed by atoms with Crippen LogP contribution >= 0.6 is 0 Å². The highest BCUT2D eigenvalue weighted by atomic mass is 16.3. The Kier molecular flexibility index (Phi) is 2.55. The van der Waals surface area contributed by atoms with Gasteiger partial charge in [0.15, 0.2) is 0 Å². The molecule has 0 aromatic heterocycles. The molecule has 0 spiro atoms. The number of hydrogen-bond donors (Lipinski definition) is 2. The van der Waals surface area contributed by atoms with Crippen LogP contribution in [0.1, 0.15) is 44.1 Å². The Balaban J connectivity index is 1.51. The molecule has 0 heterocycles. The van der Waals surface area contributed by atoms with Crippen LogP contribution in [0.4, 0.5) is 0 Å². The molecule has 4 aliphatic carbocycles. The topological polar surface area (TPSA) is 32.3 Å². The van der Waals surface area contributed by atoms with Gasteiger partial charge in [-0.2, -0.15) is 0 Å². The lowest BCUT2D eigenvalue weighted by Crippen LogP contribution is -2.64. The minimum Gasteiger partial charge on any atom is -0.390 e. The van der Waals surface area contributed by atoms with E-state index < -0.39 is 0 Å². The fourth-order valence-electron chi connectivity index (χ4n) is 5.31. The summed E-state index contributed by atoms with van der Waals surface area (Å²) in [6.45, 7) is 0.941. The zero-order chi connectivity index (χ0) is 12.9. The Morgan fingerprint density at radius 3 is 2.37 bits per heavy atom. The second kappa shape index (κ2) is 4.07. The standard InChI is InChI=1S/C17H23NO/c19-17-9-14-6-15(10-17)8-16(7-14,12-17)18-11-13-4-2-1-3-5-13/h1-5,14-15,18-19H,6-12H2/t14-,15+,16?,17?. The summed E-state index contributed by atoms with van der Waals surface area (Å²) in [7, 11) is 0. The Bertz CT molecular complexity index is 455. The molecule has 1 aromatic carbocycles. The summed E-state index contributed by atoms with van der Waals surface area (Å²) in [5.74, 6) is 1.52. The maximum absolute atomic E-state index is 10.7. The van der Waals surface area contributed by atoms with E-state index in [-0.39, 0.29) is 11.1 Å². The highest BCUT2D eigenvalue weighted by molar-refractivity contribution is 5.17. The Morgan fingerprint density at radius 1 is 1.05 bits per heavy atom. The maximum atomic E-state index is 10.7. The van der Waals surface area contributed by atoms with Gasteiger partial charge in [-0.05, 0) is 55.9 Å². The number of hydrogen-bond acceptors (Lipinski definition) is 2. The predicted molar refractivity (Wildman–Crippen MR) is 75.6 cm³/mol. The quantitative estimate of drug-likeness (QED) is 0.872. The molecule has 4 atom stereocenters. The van der Waals surface area contributed by atoms with E-state index in [4.69, 9.17) is 0 Å². The molecular weight excluding hydrogens is 234 g/mol. The number of nitrogens with one attached hydrogen (secondary N) is 1. The predicted octanol–water partition coefficient (Wildman–Crippen LogP) is 2.86. The van der Waals surface area contributed by atoms with Crippen molar-refractivity contribution in [2.45, 2.75) is 56.2 Å². The molecule has 19 heavy (non-hydrogen) atoms. The first-order valence-corrected chi connectivity index (χ1v) is 7.66. The van der Waals surface area contributed by atoms with Crippen molar-refractivity contribution < 1.29 is 5.11 Å². The van der Waals surface area contributed by atoms with Crippen molar-refractivity contribution >= 4 is 0 Å². The van der Waals surface area contributed by atoms with Crippen LogP contribution in [0.25, 0.3) is 0 Å². The van der Waals surface area contributed by atoms with Crippen LogP contribution in [0.3, 0.4) is 0 Å². The van der Waals surface area contributed by atoms with Crippen LogP contribution in [-0.2, 0) is 6.54 Å². The Labute approximate surface area is 115 Å². The first-order valence-electron chi connectivity index (χ1n) is 7.66. The van der Waals surface area contributed by atoms with E-state index in [1.807, 2.05) is 0 Å². The van der Waals surface area contributed by atoms with Gasteiger partial charge in [0.2, 0.25) is 0 Å². The lowest BCUT2D eigenvalue weighted by Gasteiger charge is -2.60. The lowest BCUT2D eigenvalue weighted by molar-refractivity contribution is -0.142. The molecular formula is C17H23NO. The monoisotopic (exact) mass is 257 g/mol. The number of benzene rings is 1. The minimum absolute atomic E-state index is 0.217. The highest BCUT2D eigenvalue weighted by Gasteiger charge is 2.56. The molecule has 0 aliphatic heterocycles. The zero-order valence-electron chi connectivity index (χ0n) is 11.4. The molecule has 0 saturated heterocycles. The first-order chi connectivity index (χ1) is 9.15. The van der Waals surface area contributed by atoms with Crippen LogP contribution in [0.15, 0.2) is 30.3 Å². The summed E-state index contributed by atoms with van der Waals surface area (Å²) in [6.07, 6.45) is 6.99. The number of aliphatic hydroxyl groups is 1. The van der Waals surface area contributed by atoms with E-state index in [1.165, 1.54) is 24.8 Å². The van der Waals surface area contributed by atoms with E-state index >= 15 is 0 Å². The zero-order valence-corrected chi connectivity index (χ0v) is 11.4. The third-order valence-electron chi connectivity index (χ3n) is 5.54. The van der Waals surface area contributed by atoms with Gasteiger partial charge in [-0.1, -0.05) is 30.3 Å². The van der Waals surface area contributed by atoms with Gasteiger partial charge >= 0.3 is 0 Å². The van der Waals surface area contributed by atoms with Gasteiger partial charge in [0.25, 0.3) is 0 Å². The molecule has 102 valence electrons. The van der Waals surface area contributed by atoms with E-state index in [0.717, 1.165) is 37.6 Å². The summed E-state index contributed by atoms with van der Waals surface area (Å²) in [4.78, 5) is 0. The van der Waals surface area contributed by atoms with E-state index in [1.54, 1.807) is 0 Å². The van der Waals surface area contributed by atoms with Gasteiger partial charge in [0.05, 0.1) is 5.60 Å². The van der Waals surface area contributed by atoms with Crippen LogP contribution in [0.2, 0.25) is 0 Å². The summed E-state index contributed by atoms with van der Waals surface area (Å²) in [5, 5.41) is 14.5. The Hall–Kier alpha value is -0.860. The molecule has 4 bridgehead atoms. The molecule has 2 heteroatoms. The maximum Gasteiger partial charge on any atom is 0.0670 e. The van der Waals surface area contributed by atoms with Gasteiger partial charge in [-0.3, -0.25) is 0 Å². The molecule has 2 nitrogen and oxygen atoms in total. The molecule has 4 saturated carbocycles. The van der Waals surface area contributed by atoms with E-state index in [0.29, 0.717) is 0 Å². The van der Waals surface area contributed by atoms with Crippen LogP contribution in [-0.4, -0.2) is 16.2 Å². The second-order valence-corrected chi connectivity index (χ2v) is 7.30. The summed E-state index contributed by atoms with van der Waals surface area (Å²) < 4.78 is 0. The molecule has 0 radical (unpaired) electrons. The average molecular weight is 257 g/mol. The van der Waals surface area contributed by atoms with Gasteiger partial charge in [-0.25, -0.2) is 0 Å². The van der Waals surface area contributed by atoms with Crippen molar-refractivity contribution in [3.63, 3.8) is 0 Å². The largest absolute Gasteiger partial charge is 0.390 e. The van der Waals surface area contributed by atoms with Gasteiger partial charge < -0.3 is 10.4 Å². The molecule has 1 aromatic rings. The molecule has 5 rings (SSSR count). The third-order valence-corrected chi connectivity index (χ3v) is 5.54. The fourth-order valence-corrected chi connectivity index (χ4v) is 5.31. The summed E-state index contributed by atoms with van der Waals surface area (Å²) in [5.41, 5.74) is 1.22. The van der Waals surface area contributed by atoms with Gasteiger partial charge in [-0.15, -0.1) is 0 Å². The normalized spacial score (nSPS) is 43.6. The van der Waals surface area contributed by atoms with Crippen molar-refractivity contribution in [1.82, 2.24) is 5.32 Å². The SMILES string of the molecule is OC12C[C@H]3C[C@@H](C1)CC(NCc1ccccc1)(C3)C2. The van der Waals surface area contributed by atoms with Crippen molar-refractivity contribution in [2.75, 3.05) is 0 Å². The molecule has 2 unspecified atom stereocenters. The first kappa shape index (κ1) is 11.9. The van der Waals surface area contributed by atoms with Crippen molar-refractivity contribution in [1.29, 1.82) is 0 Å². The highest BCUT2D eigenvalue weighted by Crippen LogP contribution is 2.57. The fraction of sp³-hybridized carbons (Fsp3) is 0.647. The average Bonchev–Trinajstić information content (AvgIpc) is 2.35. The molecule has 4 fully saturated rings. The van der Waals surface area contributed by atoms with Crippen molar-refractivity contribution in [2.24, 2.45) is 11.8 Å². The molecule has 2 N–H and O–H groups in total. The summed E-state index contributed by atoms with van der Waals surface area (Å²) >= 11 is 0. The van der Waals surface area contributed by atoms with Gasteiger partial charge in [0, 0.05) is 12.1 Å². The van der Waals surface area contributed by atoms with Crippen LogP contribution in [0.5, 0.6) is 0 Å². The third kappa shape index (κ3) is 2.11. The van der Waals surface area contributed by atoms with Crippen molar-refractivity contribution in [3.05, 3.63) is 35.9 Å². The van der Waals surface area contributed by atoms with E-state index in [2.05, 4.69) is 35.6 Å². The smallest absolute Gasteiger partial charge is 0.0670 e. The van der Waals surface area contributed by atoms with Crippen molar-refractivity contribution in [3.8, 4) is 0 Å². The minimum atomic E-state index is -0.353. The molecule has 0 amide bonds. The van der Waals surface area contributed by atoms with Gasteiger partial charge in [0.1, 0.15) is 0 Å². The van der Waals surface area contributed by atoms with Crippen LogP contribution < -0.4 is 5.32 Å². The molecule has 4 aliphatic rings. The van der Waals surface area contributed by atoms with E-state index in [9.17, 15) is 5.11 Å². The Morgan fingerprint density at radius 2 is 1.74 bits per heavy atom. The summed E-state index contributed by atoms with van der Waals surface area (Å²) in [6, 6.07) is 10.6. The second-order valence-electron chi connectivity index (χ2n) is 7.30. The van der Waals surface area contributed by atoms with Crippen LogP contribution in [0, 0.1) is 11.8 Å².